The van der Waals surface area contributed by atoms with Gasteiger partial charge in [-0.25, -0.2) is 4.79 Å². The summed E-state index contributed by atoms with van der Waals surface area (Å²) in [5.41, 5.74) is 1.09. The number of rotatable bonds is 5. The Morgan fingerprint density at radius 3 is 2.69 bits per heavy atom. The number of fused-ring (bicyclic) bond motifs is 1. The molecular weight excluding hydrogens is 418 g/mol. The molecule has 29 heavy (non-hydrogen) atoms. The van der Waals surface area contributed by atoms with E-state index in [1.165, 1.54) is 43.6 Å². The number of nitro groups is 1. The zero-order valence-corrected chi connectivity index (χ0v) is 17.2. The van der Waals surface area contributed by atoms with E-state index in [4.69, 9.17) is 4.74 Å². The largest absolute Gasteiger partial charge is 0.465 e. The molecule has 11 heteroatoms. The first kappa shape index (κ1) is 20.7. The molecule has 1 aliphatic rings. The van der Waals surface area contributed by atoms with Crippen LogP contribution in [0.3, 0.4) is 0 Å². The number of nitrogens with zero attached hydrogens (tertiary/aromatic N) is 2. The van der Waals surface area contributed by atoms with Gasteiger partial charge < -0.3 is 15.0 Å². The highest BCUT2D eigenvalue weighted by atomic mass is 32.1. The topological polar surface area (TPSA) is 119 Å². The summed E-state index contributed by atoms with van der Waals surface area (Å²) in [6.45, 7) is 2.36. The molecule has 3 rings (SSSR count). The van der Waals surface area contributed by atoms with Crippen molar-refractivity contribution in [3.8, 4) is 0 Å². The van der Waals surface area contributed by atoms with Gasteiger partial charge in [0.2, 0.25) is 11.8 Å². The number of esters is 1. The molecule has 0 saturated carbocycles. The zero-order valence-electron chi connectivity index (χ0n) is 15.6. The molecule has 0 spiro atoms. The quantitative estimate of drug-likeness (QED) is 0.334. The molecule has 0 aromatic carbocycles. The third kappa shape index (κ3) is 4.51. The Kier molecular flexibility index (Phi) is 6.09. The Morgan fingerprint density at radius 2 is 2.07 bits per heavy atom. The van der Waals surface area contributed by atoms with Crippen LogP contribution in [0, 0.1) is 10.1 Å². The molecule has 3 heterocycles. The smallest absolute Gasteiger partial charge is 0.341 e. The summed E-state index contributed by atoms with van der Waals surface area (Å²) in [5, 5.41) is 13.8. The van der Waals surface area contributed by atoms with Crippen LogP contribution >= 0.6 is 22.7 Å². The standard InChI is InChI=1S/C18H17N3O6S2/c1-10(22)20-8-7-12-13(9-20)29-17(16(12)18(24)27-2)19-14(23)5-3-11-4-6-15(28-11)21(25)26/h3-6H,7-9H2,1-2H3,(H,19,23)/b5-3+. The van der Waals surface area contributed by atoms with Gasteiger partial charge in [0, 0.05) is 35.4 Å². The molecule has 0 bridgehead atoms. The van der Waals surface area contributed by atoms with Gasteiger partial charge in [0.15, 0.2) is 0 Å². The Morgan fingerprint density at radius 1 is 1.31 bits per heavy atom. The van der Waals surface area contributed by atoms with Crippen molar-refractivity contribution in [2.75, 3.05) is 19.0 Å². The first-order valence-corrected chi connectivity index (χ1v) is 10.1. The summed E-state index contributed by atoms with van der Waals surface area (Å²) >= 11 is 2.19. The van der Waals surface area contributed by atoms with Crippen LogP contribution in [0.2, 0.25) is 0 Å². The van der Waals surface area contributed by atoms with Crippen molar-refractivity contribution >= 4 is 56.5 Å². The van der Waals surface area contributed by atoms with E-state index >= 15 is 0 Å². The number of hydrogen-bond donors (Lipinski definition) is 1. The van der Waals surface area contributed by atoms with Gasteiger partial charge in [-0.2, -0.15) is 0 Å². The fraction of sp³-hybridized carbons (Fsp3) is 0.278. The van der Waals surface area contributed by atoms with Crippen LogP contribution in [0.4, 0.5) is 10.0 Å². The summed E-state index contributed by atoms with van der Waals surface area (Å²) < 4.78 is 4.87. The highest BCUT2D eigenvalue weighted by Gasteiger charge is 2.29. The van der Waals surface area contributed by atoms with E-state index in [-0.39, 0.29) is 10.9 Å². The summed E-state index contributed by atoms with van der Waals surface area (Å²) in [4.78, 5) is 49.6. The summed E-state index contributed by atoms with van der Waals surface area (Å²) in [7, 11) is 1.27. The molecule has 9 nitrogen and oxygen atoms in total. The van der Waals surface area contributed by atoms with E-state index in [9.17, 15) is 24.5 Å². The number of ether oxygens (including phenoxy) is 1. The average Bonchev–Trinajstić information content (AvgIpc) is 3.29. The first-order chi connectivity index (χ1) is 13.8. The molecule has 0 unspecified atom stereocenters. The molecule has 2 amide bonds. The van der Waals surface area contributed by atoms with Gasteiger partial charge in [-0.05, 0) is 24.1 Å². The van der Waals surface area contributed by atoms with Gasteiger partial charge in [-0.15, -0.1) is 11.3 Å². The minimum absolute atomic E-state index is 0.0148. The molecule has 0 radical (unpaired) electrons. The number of nitrogens with one attached hydrogen (secondary N) is 1. The molecule has 2 aromatic heterocycles. The van der Waals surface area contributed by atoms with Gasteiger partial charge in [0.25, 0.3) is 0 Å². The zero-order chi connectivity index (χ0) is 21.1. The Balaban J connectivity index is 1.81. The van der Waals surface area contributed by atoms with Crippen molar-refractivity contribution in [1.82, 2.24) is 4.90 Å². The Hall–Kier alpha value is -3.05. The SMILES string of the molecule is COC(=O)c1c(NC(=O)/C=C/c2ccc([N+](=O)[O-])s2)sc2c1CCN(C(C)=O)C2. The second kappa shape index (κ2) is 8.53. The van der Waals surface area contributed by atoms with Crippen LogP contribution in [0.1, 0.15) is 32.6 Å². The highest BCUT2D eigenvalue weighted by Crippen LogP contribution is 2.37. The van der Waals surface area contributed by atoms with Crippen molar-refractivity contribution in [1.29, 1.82) is 0 Å². The summed E-state index contributed by atoms with van der Waals surface area (Å²) in [5.74, 6) is -1.08. The number of carbonyl (C=O) groups is 3. The second-order valence-corrected chi connectivity index (χ2v) is 8.34. The third-order valence-corrected chi connectivity index (χ3v) is 6.45. The lowest BCUT2D eigenvalue weighted by Crippen LogP contribution is -2.33. The maximum absolute atomic E-state index is 12.3. The van der Waals surface area contributed by atoms with Crippen LogP contribution in [0.15, 0.2) is 18.2 Å². The van der Waals surface area contributed by atoms with Crippen molar-refractivity contribution < 1.29 is 24.0 Å². The molecular formula is C18H17N3O6S2. The lowest BCUT2D eigenvalue weighted by atomic mass is 10.0. The lowest BCUT2D eigenvalue weighted by Gasteiger charge is -2.25. The van der Waals surface area contributed by atoms with Crippen molar-refractivity contribution in [3.63, 3.8) is 0 Å². The number of anilines is 1. The van der Waals surface area contributed by atoms with Gasteiger partial charge >= 0.3 is 11.0 Å². The van der Waals surface area contributed by atoms with Gasteiger partial charge in [-0.1, -0.05) is 11.3 Å². The van der Waals surface area contributed by atoms with E-state index in [0.717, 1.165) is 21.8 Å². The van der Waals surface area contributed by atoms with Crippen molar-refractivity contribution in [2.45, 2.75) is 19.9 Å². The fourth-order valence-corrected chi connectivity index (χ4v) is 4.90. The lowest BCUT2D eigenvalue weighted by molar-refractivity contribution is -0.380. The molecule has 1 aliphatic heterocycles. The van der Waals surface area contributed by atoms with Crippen LogP contribution in [-0.4, -0.2) is 41.3 Å². The van der Waals surface area contributed by atoms with E-state index in [1.807, 2.05) is 0 Å². The van der Waals surface area contributed by atoms with Crippen LogP contribution in [0.25, 0.3) is 6.08 Å². The first-order valence-electron chi connectivity index (χ1n) is 8.51. The highest BCUT2D eigenvalue weighted by molar-refractivity contribution is 7.17. The maximum Gasteiger partial charge on any atom is 0.341 e. The summed E-state index contributed by atoms with van der Waals surface area (Å²) in [6, 6.07) is 2.92. The predicted molar refractivity (Wildman–Crippen MR) is 109 cm³/mol. The Labute approximate surface area is 173 Å². The molecule has 0 fully saturated rings. The van der Waals surface area contributed by atoms with E-state index in [1.54, 1.807) is 11.0 Å². The van der Waals surface area contributed by atoms with Crippen LogP contribution in [-0.2, 0) is 27.3 Å². The summed E-state index contributed by atoms with van der Waals surface area (Å²) in [6.07, 6.45) is 3.22. The molecule has 152 valence electrons. The molecule has 0 atom stereocenters. The fourth-order valence-electron chi connectivity index (χ4n) is 2.92. The van der Waals surface area contributed by atoms with Crippen molar-refractivity contribution in [2.24, 2.45) is 0 Å². The Bertz CT molecular complexity index is 1020. The van der Waals surface area contributed by atoms with Crippen molar-refractivity contribution in [3.05, 3.63) is 49.2 Å². The van der Waals surface area contributed by atoms with Crippen LogP contribution in [0.5, 0.6) is 0 Å². The van der Waals surface area contributed by atoms with E-state index in [2.05, 4.69) is 5.32 Å². The average molecular weight is 435 g/mol. The van der Waals surface area contributed by atoms with E-state index in [0.29, 0.717) is 35.0 Å². The monoisotopic (exact) mass is 435 g/mol. The van der Waals surface area contributed by atoms with Crippen LogP contribution < -0.4 is 5.32 Å². The number of methoxy groups -OCH3 is 1. The predicted octanol–water partition coefficient (Wildman–Crippen LogP) is 3.06. The number of thiophene rings is 2. The third-order valence-electron chi connectivity index (χ3n) is 4.32. The van der Waals surface area contributed by atoms with Gasteiger partial charge in [-0.3, -0.25) is 19.7 Å². The minimum atomic E-state index is -0.549. The molecule has 1 N–H and O–H groups in total. The second-order valence-electron chi connectivity index (χ2n) is 6.15. The van der Waals surface area contributed by atoms with Gasteiger partial charge in [0.1, 0.15) is 5.00 Å². The van der Waals surface area contributed by atoms with Gasteiger partial charge in [0.05, 0.1) is 24.1 Å². The maximum atomic E-state index is 12.3. The minimum Gasteiger partial charge on any atom is -0.465 e. The molecule has 0 saturated heterocycles. The van der Waals surface area contributed by atoms with E-state index < -0.39 is 16.8 Å². The normalized spacial score (nSPS) is 13.2. The number of carbonyl (C=O) groups excluding carboxylic acids is 3. The molecule has 0 aliphatic carbocycles. The molecule has 2 aromatic rings. The number of amides is 2. The number of hydrogen-bond acceptors (Lipinski definition) is 8.